The second-order valence-corrected chi connectivity index (χ2v) is 57.3. The van der Waals surface area contributed by atoms with Gasteiger partial charge in [0.25, 0.3) is 0 Å². The van der Waals surface area contributed by atoms with Crippen molar-refractivity contribution in [1.82, 2.24) is 43.5 Å². The summed E-state index contributed by atoms with van der Waals surface area (Å²) in [7, 11) is 6.25. The van der Waals surface area contributed by atoms with Gasteiger partial charge >= 0.3 is 0 Å². The molecule has 2 aliphatic heterocycles. The molecule has 0 amide bonds. The zero-order chi connectivity index (χ0) is 92.9. The molecule has 0 saturated heterocycles. The van der Waals surface area contributed by atoms with Crippen LogP contribution in [0.2, 0.25) is 0 Å². The summed E-state index contributed by atoms with van der Waals surface area (Å²) < 4.78 is 10.9. The van der Waals surface area contributed by atoms with Gasteiger partial charge in [-0.2, -0.15) is 85.1 Å². The number of rotatable bonds is 26. The van der Waals surface area contributed by atoms with E-state index in [2.05, 4.69) is 404 Å². The second kappa shape index (κ2) is 50.1. The lowest BCUT2D eigenvalue weighted by Gasteiger charge is -2.22. The van der Waals surface area contributed by atoms with Gasteiger partial charge in [-0.3, -0.25) is 19.8 Å². The van der Waals surface area contributed by atoms with Gasteiger partial charge in [-0.05, 0) is 166 Å². The van der Waals surface area contributed by atoms with Crippen molar-refractivity contribution >= 4 is 105 Å². The van der Waals surface area contributed by atoms with Gasteiger partial charge < -0.3 is 9.13 Å². The topological polar surface area (TPSA) is 120 Å². The van der Waals surface area contributed by atoms with Crippen LogP contribution in [0.25, 0.3) is 0 Å². The Kier molecular flexibility index (Phi) is 48.3. The van der Waals surface area contributed by atoms with Crippen LogP contribution in [0.15, 0.2) is 69.2 Å². The Hall–Kier alpha value is -2.26. The molecule has 1 N–H and O–H groups in total. The Balaban J connectivity index is 0.000000700. The zero-order valence-corrected chi connectivity index (χ0v) is 92.7. The molecule has 0 bridgehead atoms. The van der Waals surface area contributed by atoms with Crippen LogP contribution in [-0.2, 0) is 73.9 Å². The van der Waals surface area contributed by atoms with Crippen LogP contribution in [0.4, 0.5) is 0 Å². The maximum Gasteiger partial charge on any atom is 0.110 e. The van der Waals surface area contributed by atoms with E-state index in [0.717, 1.165) is 80.2 Å². The third-order valence-electron chi connectivity index (χ3n) is 18.0. The monoisotopic (exact) mass is 1810 g/mol. The number of aromatic nitrogens is 9. The molecule has 0 fully saturated rings. The molecule has 0 atom stereocenters. The molecular formula is C101H185N11S8. The first-order valence-corrected chi connectivity index (χ1v) is 53.4. The lowest BCUT2D eigenvalue weighted by Crippen LogP contribution is -2.17. The summed E-state index contributed by atoms with van der Waals surface area (Å²) in [4.78, 5) is 20.1. The summed E-state index contributed by atoms with van der Waals surface area (Å²) in [6.07, 6.45) is 18.6. The highest BCUT2D eigenvalue weighted by atomic mass is 32.2. The van der Waals surface area contributed by atoms with Gasteiger partial charge in [-0.15, -0.1) is 11.8 Å². The number of thioether (sulfide) groups is 7. The Morgan fingerprint density at radius 1 is 0.417 bits per heavy atom. The van der Waals surface area contributed by atoms with E-state index in [1.807, 2.05) is 76.7 Å². The zero-order valence-electron chi connectivity index (χ0n) is 86.1. The summed E-state index contributed by atoms with van der Waals surface area (Å²) in [5.41, 5.74) is 17.3. The van der Waals surface area contributed by atoms with Crippen LogP contribution in [0.5, 0.6) is 0 Å². The molecule has 0 radical (unpaired) electrons. The quantitative estimate of drug-likeness (QED) is 0.0419. The highest BCUT2D eigenvalue weighted by Crippen LogP contribution is 2.37. The molecule has 0 spiro atoms. The van der Waals surface area contributed by atoms with Crippen LogP contribution in [-0.4, -0.2) is 136 Å². The number of allylic oxidation sites excluding steroid dienone is 3. The van der Waals surface area contributed by atoms with Crippen molar-refractivity contribution < 1.29 is 0 Å². The third kappa shape index (κ3) is 54.2. The number of H-pyrrole nitrogens is 1. The molecule has 7 rings (SSSR count). The van der Waals surface area contributed by atoms with Crippen molar-refractivity contribution in [3.05, 3.63) is 105 Å². The fourth-order valence-corrected chi connectivity index (χ4v) is 20.0. The molecule has 2 aliphatic rings. The Morgan fingerprint density at radius 2 is 0.850 bits per heavy atom. The fraction of sp³-hybridized carbons (Fsp3) is 0.792. The normalized spacial score (nSPS) is 14.2. The second-order valence-electron chi connectivity index (χ2n) is 48.9. The number of imidazole rings is 2. The standard InChI is InChI=1S/3C15H28N2S.2C15H27NS.C14H26N2S.C12H21NS2/c1-14(2,3)11-18-9-8-13-16-12(10-17(13)7)15(4,5)6;1-14(2,3)11-18-9-8-13-16-10-12(17(13)7)15(4,5)6;1-14(2,3)11-18-9-8-13-12(15(4,5)6)10-17(7)16-13;1-14(2,3)11-17-10-8-13-12(7-9-16-13)15(4,5)6;1-14(2,3)11-17-10-9-12-7-8-13(16-12)15(4,5)6;1-13(2,3)10-17-8-7-11-9-12(16-15-11)14(4,5)6;1-11(2,3)8-14-10-7-9(15-13-10)12(4,5)6/h3*10H,8-9,11H2,1-7H3;7H,8-11H2,1-6H3;8H,7,9-11H2,1-6H3;9H,7-8,10H2,1-6H3,(H,15,16);7H,8H2,1-6H3. The number of nitrogens with one attached hydrogen (secondary N) is 1. The van der Waals surface area contributed by atoms with E-state index in [9.17, 15) is 0 Å². The van der Waals surface area contributed by atoms with E-state index in [1.54, 1.807) is 11.5 Å². The van der Waals surface area contributed by atoms with E-state index < -0.39 is 0 Å². The van der Waals surface area contributed by atoms with Crippen molar-refractivity contribution in [3.63, 3.8) is 0 Å². The van der Waals surface area contributed by atoms with Crippen molar-refractivity contribution in [3.8, 4) is 0 Å². The molecule has 0 unspecified atom stereocenters. The molecule has 0 saturated carbocycles. The largest absolute Gasteiger partial charge is 0.338 e. The number of nitrogens with zero attached hydrogens (tertiary/aromatic N) is 10. The number of hydrogen-bond donors (Lipinski definition) is 1. The van der Waals surface area contributed by atoms with Gasteiger partial charge in [-0.1, -0.05) is 303 Å². The molecule has 120 heavy (non-hydrogen) atoms. The first kappa shape index (κ1) is 116. The van der Waals surface area contributed by atoms with Crippen LogP contribution in [0.1, 0.15) is 361 Å². The predicted octanol–water partition coefficient (Wildman–Crippen LogP) is 30.2. The Labute approximate surface area is 776 Å². The minimum atomic E-state index is 0.146. The Morgan fingerprint density at radius 3 is 1.23 bits per heavy atom. The molecular weight excluding hydrogens is 1620 g/mol. The minimum Gasteiger partial charge on any atom is -0.338 e. The molecule has 5 aromatic rings. The lowest BCUT2D eigenvalue weighted by molar-refractivity contribution is 0.480. The van der Waals surface area contributed by atoms with Crippen LogP contribution in [0.3, 0.4) is 0 Å². The summed E-state index contributed by atoms with van der Waals surface area (Å²) in [5, 5.41) is 13.3. The van der Waals surface area contributed by atoms with Crippen molar-refractivity contribution in [2.45, 2.75) is 368 Å². The number of aromatic amines is 1. The first-order chi connectivity index (χ1) is 54.1. The number of aryl methyl sites for hydroxylation is 6. The van der Waals surface area contributed by atoms with Crippen LogP contribution >= 0.6 is 93.9 Å². The summed E-state index contributed by atoms with van der Waals surface area (Å²) >= 11 is 15.7. The molecule has 11 nitrogen and oxygen atoms in total. The highest BCUT2D eigenvalue weighted by Gasteiger charge is 2.28. The average molecular weight is 1810 g/mol. The van der Waals surface area contributed by atoms with Gasteiger partial charge in [-0.25, -0.2) is 9.97 Å². The highest BCUT2D eigenvalue weighted by molar-refractivity contribution is 8.00. The van der Waals surface area contributed by atoms with E-state index in [0.29, 0.717) is 37.9 Å². The molecule has 692 valence electrons. The Bertz CT molecular complexity index is 3800. The van der Waals surface area contributed by atoms with Crippen molar-refractivity contribution in [2.24, 2.45) is 79.9 Å². The third-order valence-corrected chi connectivity index (χ3v) is 30.3. The van der Waals surface area contributed by atoms with Gasteiger partial charge in [0.1, 0.15) is 16.7 Å². The number of hydrogen-bond acceptors (Lipinski definition) is 15. The van der Waals surface area contributed by atoms with Crippen molar-refractivity contribution in [2.75, 3.05) is 81.3 Å². The van der Waals surface area contributed by atoms with Crippen LogP contribution < -0.4 is 0 Å². The summed E-state index contributed by atoms with van der Waals surface area (Å²) in [5.74, 6) is 17.9. The number of aliphatic imine (C=N–C) groups is 2. The van der Waals surface area contributed by atoms with Gasteiger partial charge in [0, 0.05) is 138 Å². The molecule has 0 aromatic carbocycles. The molecule has 5 aromatic heterocycles. The lowest BCUT2D eigenvalue weighted by atomic mass is 9.83. The van der Waals surface area contributed by atoms with Crippen LogP contribution in [0, 0.1) is 48.7 Å². The predicted molar refractivity (Wildman–Crippen MR) is 558 cm³/mol. The first-order valence-electron chi connectivity index (χ1n) is 44.7. The van der Waals surface area contributed by atoms with E-state index in [-0.39, 0.29) is 37.9 Å². The average Bonchev–Trinajstić information content (AvgIpc) is 1.69. The van der Waals surface area contributed by atoms with E-state index in [4.69, 9.17) is 9.98 Å². The fourth-order valence-electron chi connectivity index (χ4n) is 11.5. The maximum absolute atomic E-state index is 4.76. The summed E-state index contributed by atoms with van der Waals surface area (Å²) in [6, 6.07) is 4.44. The minimum absolute atomic E-state index is 0.146. The molecule has 7 heterocycles. The van der Waals surface area contributed by atoms with E-state index in [1.165, 1.54) is 124 Å². The maximum atomic E-state index is 4.76. The van der Waals surface area contributed by atoms with Crippen molar-refractivity contribution in [1.29, 1.82) is 0 Å². The molecule has 0 aliphatic carbocycles. The SMILES string of the molecule is CC(C)(C)CSCCC1=NC(C(C)(C)C)=CC1.CC(C)(C)CSCCC1=NCC=C1C(C)(C)C.CC(C)(C)CSCCc1cc(C(C)(C)C)n[nH]1.CC(C)(C)CSc1cc(C(C)(C)C)sn1.Cn1c(C(C)(C)C)cnc1CCSCC(C)(C)C.Cn1cc(C(C)(C)C)c(CCSCC(C)(C)C)n1.Cn1cc(C(C)(C)C)nc1CCSCC(C)(C)C. The van der Waals surface area contributed by atoms with Gasteiger partial charge in [0.05, 0.1) is 23.6 Å². The summed E-state index contributed by atoms with van der Waals surface area (Å²) in [6.45, 7) is 95.9. The molecule has 19 heteroatoms. The van der Waals surface area contributed by atoms with Gasteiger partial charge in [0.15, 0.2) is 0 Å². The smallest absolute Gasteiger partial charge is 0.110 e. The van der Waals surface area contributed by atoms with E-state index >= 15 is 0 Å². The van der Waals surface area contributed by atoms with Gasteiger partial charge in [0.2, 0.25) is 0 Å².